The molecule has 0 aliphatic carbocycles. The molecule has 0 aliphatic rings. The van der Waals surface area contributed by atoms with E-state index in [1.807, 2.05) is 36.4 Å². The molecule has 2 aromatic heterocycles. The highest BCUT2D eigenvalue weighted by Crippen LogP contribution is 2.22. The molecule has 0 spiro atoms. The van der Waals surface area contributed by atoms with Crippen molar-refractivity contribution in [3.63, 3.8) is 0 Å². The quantitative estimate of drug-likeness (QED) is 0.768. The molecule has 0 saturated heterocycles. The second-order valence-electron chi connectivity index (χ2n) is 5.54. The van der Waals surface area contributed by atoms with Crippen LogP contribution in [-0.4, -0.2) is 15.2 Å². The predicted octanol–water partition coefficient (Wildman–Crippen LogP) is 4.07. The molecule has 2 heterocycles. The maximum atomic E-state index is 5.57. The van der Waals surface area contributed by atoms with E-state index in [1.54, 1.807) is 12.4 Å². The van der Waals surface area contributed by atoms with Crippen molar-refractivity contribution in [3.05, 3.63) is 54.7 Å². The lowest BCUT2D eigenvalue weighted by molar-refractivity contribution is 0.468. The van der Waals surface area contributed by atoms with Gasteiger partial charge in [0.05, 0.1) is 0 Å². The minimum Gasteiger partial charge on any atom is -0.408 e. The molecule has 0 fully saturated rings. The lowest BCUT2D eigenvalue weighted by atomic mass is 10.1. The van der Waals surface area contributed by atoms with E-state index in [-0.39, 0.29) is 0 Å². The first kappa shape index (κ1) is 14.3. The summed E-state index contributed by atoms with van der Waals surface area (Å²) in [5, 5.41) is 11.2. The summed E-state index contributed by atoms with van der Waals surface area (Å²) >= 11 is 0. The zero-order chi connectivity index (χ0) is 15.4. The fourth-order valence-electron chi connectivity index (χ4n) is 2.15. The van der Waals surface area contributed by atoms with Crippen molar-refractivity contribution in [1.29, 1.82) is 0 Å². The van der Waals surface area contributed by atoms with E-state index in [9.17, 15) is 0 Å². The van der Waals surface area contributed by atoms with Crippen molar-refractivity contribution < 1.29 is 4.42 Å². The van der Waals surface area contributed by atoms with Crippen LogP contribution in [-0.2, 0) is 6.42 Å². The number of rotatable bonds is 5. The van der Waals surface area contributed by atoms with Gasteiger partial charge in [-0.2, -0.15) is 0 Å². The summed E-state index contributed by atoms with van der Waals surface area (Å²) in [6.07, 6.45) is 4.36. The predicted molar refractivity (Wildman–Crippen MR) is 85.8 cm³/mol. The van der Waals surface area contributed by atoms with E-state index in [0.717, 1.165) is 23.2 Å². The van der Waals surface area contributed by atoms with E-state index in [4.69, 9.17) is 4.42 Å². The van der Waals surface area contributed by atoms with Crippen LogP contribution in [0.15, 0.2) is 53.2 Å². The molecule has 1 N–H and O–H groups in total. The Hall–Kier alpha value is -2.69. The van der Waals surface area contributed by atoms with Crippen molar-refractivity contribution >= 4 is 11.7 Å². The zero-order valence-electron chi connectivity index (χ0n) is 12.7. The average molecular weight is 294 g/mol. The van der Waals surface area contributed by atoms with Crippen LogP contribution in [0.3, 0.4) is 0 Å². The first-order valence-corrected chi connectivity index (χ1v) is 7.30. The van der Waals surface area contributed by atoms with Gasteiger partial charge in [0, 0.05) is 24.5 Å². The average Bonchev–Trinajstić information content (AvgIpc) is 2.95. The number of nitrogens with zero attached hydrogens (tertiary/aromatic N) is 3. The lowest BCUT2D eigenvalue weighted by Gasteiger charge is -2.04. The first-order valence-electron chi connectivity index (χ1n) is 7.30. The van der Waals surface area contributed by atoms with E-state index < -0.39 is 0 Å². The van der Waals surface area contributed by atoms with E-state index >= 15 is 0 Å². The molecule has 3 rings (SSSR count). The van der Waals surface area contributed by atoms with Crippen molar-refractivity contribution in [3.8, 4) is 11.1 Å². The molecule has 0 aliphatic heterocycles. The smallest absolute Gasteiger partial charge is 0.320 e. The normalized spacial score (nSPS) is 10.9. The highest BCUT2D eigenvalue weighted by Gasteiger charge is 2.08. The Balaban J connectivity index is 1.70. The molecule has 3 aromatic rings. The van der Waals surface area contributed by atoms with E-state index in [1.165, 1.54) is 0 Å². The van der Waals surface area contributed by atoms with Crippen LogP contribution in [0.4, 0.5) is 11.7 Å². The minimum atomic E-state index is 0.423. The fourth-order valence-corrected chi connectivity index (χ4v) is 2.15. The molecule has 0 unspecified atom stereocenters. The number of aromatic nitrogens is 3. The molecule has 0 amide bonds. The van der Waals surface area contributed by atoms with Crippen molar-refractivity contribution in [2.45, 2.75) is 20.3 Å². The van der Waals surface area contributed by atoms with Crippen LogP contribution in [0.25, 0.3) is 11.1 Å². The molecule has 112 valence electrons. The van der Waals surface area contributed by atoms with Gasteiger partial charge in [-0.25, -0.2) is 0 Å². The summed E-state index contributed by atoms with van der Waals surface area (Å²) in [6.45, 7) is 4.24. The number of pyridine rings is 1. The first-order chi connectivity index (χ1) is 10.7. The molecular weight excluding hydrogens is 276 g/mol. The Kier molecular flexibility index (Phi) is 4.14. The highest BCUT2D eigenvalue weighted by molar-refractivity contribution is 5.66. The number of anilines is 2. The van der Waals surface area contributed by atoms with Crippen molar-refractivity contribution in [2.75, 3.05) is 5.32 Å². The van der Waals surface area contributed by atoms with Crippen LogP contribution in [0.2, 0.25) is 0 Å². The molecular formula is C17H18N4O. The van der Waals surface area contributed by atoms with E-state index in [0.29, 0.717) is 17.8 Å². The number of hydrogen-bond donors (Lipinski definition) is 1. The Labute approximate surface area is 129 Å². The van der Waals surface area contributed by atoms with Gasteiger partial charge in [0.25, 0.3) is 0 Å². The van der Waals surface area contributed by atoms with Gasteiger partial charge in [-0.15, -0.1) is 5.10 Å². The number of hydrogen-bond acceptors (Lipinski definition) is 5. The summed E-state index contributed by atoms with van der Waals surface area (Å²) in [5.41, 5.74) is 3.19. The Morgan fingerprint density at radius 3 is 2.32 bits per heavy atom. The highest BCUT2D eigenvalue weighted by atomic mass is 16.4. The molecule has 0 saturated carbocycles. The lowest BCUT2D eigenvalue weighted by Crippen LogP contribution is -1.93. The number of nitrogens with one attached hydrogen (secondary N) is 1. The minimum absolute atomic E-state index is 0.423. The Morgan fingerprint density at radius 2 is 1.64 bits per heavy atom. The summed E-state index contributed by atoms with van der Waals surface area (Å²) in [7, 11) is 0. The van der Waals surface area contributed by atoms with Crippen LogP contribution >= 0.6 is 0 Å². The topological polar surface area (TPSA) is 63.8 Å². The Bertz CT molecular complexity index is 720. The van der Waals surface area contributed by atoms with Gasteiger partial charge in [-0.1, -0.05) is 31.1 Å². The molecule has 1 aromatic carbocycles. The Morgan fingerprint density at radius 1 is 0.955 bits per heavy atom. The van der Waals surface area contributed by atoms with E-state index in [2.05, 4.69) is 34.3 Å². The largest absolute Gasteiger partial charge is 0.408 e. The van der Waals surface area contributed by atoms with Gasteiger partial charge in [-0.05, 0) is 41.3 Å². The maximum absolute atomic E-state index is 5.57. The fraction of sp³-hybridized carbons (Fsp3) is 0.235. The summed E-state index contributed by atoms with van der Waals surface area (Å²) in [5.74, 6) is 1.15. The molecule has 0 atom stereocenters. The van der Waals surface area contributed by atoms with Gasteiger partial charge >= 0.3 is 6.01 Å². The standard InChI is InChI=1S/C17H18N4O/c1-12(2)11-16-20-21-17(22-16)19-15-5-3-13(4-6-15)14-7-9-18-10-8-14/h3-10,12H,11H2,1-2H3,(H,19,21). The molecule has 0 bridgehead atoms. The summed E-state index contributed by atoms with van der Waals surface area (Å²) in [6, 6.07) is 12.5. The molecule has 5 nitrogen and oxygen atoms in total. The van der Waals surface area contributed by atoms with Crippen LogP contribution in [0.1, 0.15) is 19.7 Å². The second-order valence-corrected chi connectivity index (χ2v) is 5.54. The van der Waals surface area contributed by atoms with Gasteiger partial charge in [0.1, 0.15) is 0 Å². The molecule has 0 radical (unpaired) electrons. The van der Waals surface area contributed by atoms with Crippen LogP contribution in [0, 0.1) is 5.92 Å². The van der Waals surface area contributed by atoms with Crippen LogP contribution in [0.5, 0.6) is 0 Å². The molecule has 5 heteroatoms. The summed E-state index contributed by atoms with van der Waals surface area (Å²) < 4.78 is 5.57. The van der Waals surface area contributed by atoms with Crippen molar-refractivity contribution in [2.24, 2.45) is 5.92 Å². The number of benzene rings is 1. The third kappa shape index (κ3) is 3.49. The monoisotopic (exact) mass is 294 g/mol. The SMILES string of the molecule is CC(C)Cc1nnc(Nc2ccc(-c3ccncc3)cc2)o1. The van der Waals surface area contributed by atoms with Gasteiger partial charge < -0.3 is 9.73 Å². The van der Waals surface area contributed by atoms with Gasteiger partial charge in [0.2, 0.25) is 5.89 Å². The van der Waals surface area contributed by atoms with Crippen molar-refractivity contribution in [1.82, 2.24) is 15.2 Å². The van der Waals surface area contributed by atoms with Gasteiger partial charge in [0.15, 0.2) is 0 Å². The molecule has 22 heavy (non-hydrogen) atoms. The third-order valence-electron chi connectivity index (χ3n) is 3.20. The maximum Gasteiger partial charge on any atom is 0.320 e. The second kappa shape index (κ2) is 6.39. The van der Waals surface area contributed by atoms with Crippen LogP contribution < -0.4 is 5.32 Å². The zero-order valence-corrected chi connectivity index (χ0v) is 12.7. The summed E-state index contributed by atoms with van der Waals surface area (Å²) in [4.78, 5) is 4.03. The third-order valence-corrected chi connectivity index (χ3v) is 3.20. The van der Waals surface area contributed by atoms with Gasteiger partial charge in [-0.3, -0.25) is 4.98 Å².